The number of ether oxygens (including phenoxy) is 2. The van der Waals surface area contributed by atoms with Crippen LogP contribution in [0.1, 0.15) is 37.8 Å². The SMILES string of the molecule is CCOc1cc(CNCC2CCCN2CC)cc(Br)c1OCc1ccccc1F. The fourth-order valence-electron chi connectivity index (χ4n) is 3.82. The highest BCUT2D eigenvalue weighted by molar-refractivity contribution is 9.10. The highest BCUT2D eigenvalue weighted by atomic mass is 79.9. The lowest BCUT2D eigenvalue weighted by atomic mass is 10.1. The molecule has 6 heteroatoms. The highest BCUT2D eigenvalue weighted by Crippen LogP contribution is 2.37. The first-order chi connectivity index (χ1) is 14.1. The van der Waals surface area contributed by atoms with Crippen molar-refractivity contribution < 1.29 is 13.9 Å². The number of likely N-dealkylation sites (tertiary alicyclic amines) is 1. The zero-order valence-corrected chi connectivity index (χ0v) is 18.8. The molecule has 1 unspecified atom stereocenters. The average Bonchev–Trinajstić information content (AvgIpc) is 3.16. The fraction of sp³-hybridized carbons (Fsp3) is 0.478. The molecule has 0 aliphatic carbocycles. The molecule has 1 N–H and O–H groups in total. The number of hydrogen-bond acceptors (Lipinski definition) is 4. The number of likely N-dealkylation sites (N-methyl/N-ethyl adjacent to an activating group) is 1. The number of nitrogens with zero attached hydrogens (tertiary/aromatic N) is 1. The zero-order chi connectivity index (χ0) is 20.6. The Kier molecular flexibility index (Phi) is 8.33. The topological polar surface area (TPSA) is 33.7 Å². The van der Waals surface area contributed by atoms with Crippen molar-refractivity contribution in [1.82, 2.24) is 10.2 Å². The van der Waals surface area contributed by atoms with Gasteiger partial charge in [0.15, 0.2) is 11.5 Å². The van der Waals surface area contributed by atoms with E-state index >= 15 is 0 Å². The van der Waals surface area contributed by atoms with Crippen LogP contribution < -0.4 is 14.8 Å². The van der Waals surface area contributed by atoms with Gasteiger partial charge in [-0.25, -0.2) is 4.39 Å². The molecular weight excluding hydrogens is 435 g/mol. The quantitative estimate of drug-likeness (QED) is 0.527. The minimum absolute atomic E-state index is 0.150. The molecule has 1 saturated heterocycles. The van der Waals surface area contributed by atoms with Crippen molar-refractivity contribution in [3.8, 4) is 11.5 Å². The number of benzene rings is 2. The third-order valence-electron chi connectivity index (χ3n) is 5.31. The molecule has 0 bridgehead atoms. The Bertz CT molecular complexity index is 802. The summed E-state index contributed by atoms with van der Waals surface area (Å²) in [6.45, 7) is 8.92. The molecule has 0 amide bonds. The summed E-state index contributed by atoms with van der Waals surface area (Å²) >= 11 is 3.60. The van der Waals surface area contributed by atoms with Gasteiger partial charge in [0.1, 0.15) is 12.4 Å². The van der Waals surface area contributed by atoms with Crippen LogP contribution in [0.2, 0.25) is 0 Å². The summed E-state index contributed by atoms with van der Waals surface area (Å²) in [5.74, 6) is 1.01. The molecule has 158 valence electrons. The van der Waals surface area contributed by atoms with E-state index in [4.69, 9.17) is 9.47 Å². The molecule has 0 saturated carbocycles. The smallest absolute Gasteiger partial charge is 0.175 e. The van der Waals surface area contributed by atoms with Crippen LogP contribution in [0.5, 0.6) is 11.5 Å². The fourth-order valence-corrected chi connectivity index (χ4v) is 4.42. The Hall–Kier alpha value is -1.63. The second-order valence-electron chi connectivity index (χ2n) is 7.27. The van der Waals surface area contributed by atoms with E-state index in [0.29, 0.717) is 29.7 Å². The van der Waals surface area contributed by atoms with Gasteiger partial charge in [0.2, 0.25) is 0 Å². The van der Waals surface area contributed by atoms with Crippen LogP contribution in [0.4, 0.5) is 4.39 Å². The molecule has 1 aliphatic heterocycles. The van der Waals surface area contributed by atoms with E-state index in [-0.39, 0.29) is 12.4 Å². The molecule has 0 radical (unpaired) electrons. The summed E-state index contributed by atoms with van der Waals surface area (Å²) in [4.78, 5) is 2.54. The second kappa shape index (κ2) is 11.0. The molecule has 1 atom stereocenters. The Morgan fingerprint density at radius 3 is 2.79 bits per heavy atom. The Morgan fingerprint density at radius 2 is 2.03 bits per heavy atom. The summed E-state index contributed by atoms with van der Waals surface area (Å²) in [7, 11) is 0. The number of halogens is 2. The average molecular weight is 465 g/mol. The van der Waals surface area contributed by atoms with E-state index in [0.717, 1.165) is 29.7 Å². The number of nitrogens with one attached hydrogen (secondary N) is 1. The lowest BCUT2D eigenvalue weighted by molar-refractivity contribution is 0.259. The van der Waals surface area contributed by atoms with Crippen LogP contribution in [0.3, 0.4) is 0 Å². The maximum absolute atomic E-state index is 13.9. The van der Waals surface area contributed by atoms with Gasteiger partial charge in [-0.15, -0.1) is 0 Å². The van der Waals surface area contributed by atoms with Gasteiger partial charge in [-0.1, -0.05) is 25.1 Å². The third-order valence-corrected chi connectivity index (χ3v) is 5.90. The van der Waals surface area contributed by atoms with Crippen molar-refractivity contribution in [2.45, 2.75) is 45.9 Å². The minimum Gasteiger partial charge on any atom is -0.490 e. The van der Waals surface area contributed by atoms with Gasteiger partial charge in [0.25, 0.3) is 0 Å². The lowest BCUT2D eigenvalue weighted by Crippen LogP contribution is -2.37. The molecule has 29 heavy (non-hydrogen) atoms. The first-order valence-electron chi connectivity index (χ1n) is 10.4. The Morgan fingerprint density at radius 1 is 1.21 bits per heavy atom. The molecule has 1 fully saturated rings. The number of hydrogen-bond donors (Lipinski definition) is 1. The normalized spacial score (nSPS) is 16.9. The molecule has 1 heterocycles. The lowest BCUT2D eigenvalue weighted by Gasteiger charge is -2.23. The van der Waals surface area contributed by atoms with Gasteiger partial charge in [-0.3, -0.25) is 4.90 Å². The van der Waals surface area contributed by atoms with Gasteiger partial charge >= 0.3 is 0 Å². The number of rotatable bonds is 10. The first kappa shape index (κ1) is 22.1. The Balaban J connectivity index is 1.65. The predicted octanol–water partition coefficient (Wildman–Crippen LogP) is 5.14. The highest BCUT2D eigenvalue weighted by Gasteiger charge is 2.22. The molecule has 3 rings (SSSR count). The Labute approximate surface area is 181 Å². The molecule has 0 aromatic heterocycles. The van der Waals surface area contributed by atoms with E-state index in [9.17, 15) is 4.39 Å². The first-order valence-corrected chi connectivity index (χ1v) is 11.2. The summed E-state index contributed by atoms with van der Waals surface area (Å²) < 4.78 is 26.4. The summed E-state index contributed by atoms with van der Waals surface area (Å²) in [6, 6.07) is 11.3. The molecule has 2 aromatic carbocycles. The summed E-state index contributed by atoms with van der Waals surface area (Å²) in [5, 5.41) is 3.58. The van der Waals surface area contributed by atoms with Crippen LogP contribution in [0.15, 0.2) is 40.9 Å². The van der Waals surface area contributed by atoms with Crippen molar-refractivity contribution in [1.29, 1.82) is 0 Å². The van der Waals surface area contributed by atoms with Crippen molar-refractivity contribution >= 4 is 15.9 Å². The molecule has 0 spiro atoms. The van der Waals surface area contributed by atoms with E-state index in [1.54, 1.807) is 18.2 Å². The maximum atomic E-state index is 13.9. The van der Waals surface area contributed by atoms with E-state index in [1.807, 2.05) is 19.1 Å². The summed E-state index contributed by atoms with van der Waals surface area (Å²) in [5.41, 5.74) is 1.64. The van der Waals surface area contributed by atoms with Crippen molar-refractivity contribution in [3.63, 3.8) is 0 Å². The third kappa shape index (κ3) is 5.93. The van der Waals surface area contributed by atoms with Gasteiger partial charge in [-0.2, -0.15) is 0 Å². The zero-order valence-electron chi connectivity index (χ0n) is 17.2. The van der Waals surface area contributed by atoms with Crippen LogP contribution in [0, 0.1) is 5.82 Å². The van der Waals surface area contributed by atoms with Crippen molar-refractivity contribution in [2.75, 3.05) is 26.2 Å². The molecule has 1 aliphatic rings. The van der Waals surface area contributed by atoms with Gasteiger partial charge in [0, 0.05) is 24.7 Å². The van der Waals surface area contributed by atoms with E-state index in [1.165, 1.54) is 25.5 Å². The molecule has 2 aromatic rings. The monoisotopic (exact) mass is 464 g/mol. The standard InChI is InChI=1S/C23H30BrFN2O2/c1-3-27-11-7-9-19(27)15-26-14-17-12-20(24)23(22(13-17)28-4-2)29-16-18-8-5-6-10-21(18)25/h5-6,8,10,12-13,19,26H,3-4,7,9,11,14-16H2,1-2H3. The molecular formula is C23H30BrFN2O2. The molecule has 4 nitrogen and oxygen atoms in total. The minimum atomic E-state index is -0.268. The van der Waals surface area contributed by atoms with E-state index < -0.39 is 0 Å². The largest absolute Gasteiger partial charge is 0.490 e. The van der Waals surface area contributed by atoms with Crippen LogP contribution >= 0.6 is 15.9 Å². The maximum Gasteiger partial charge on any atom is 0.175 e. The van der Waals surface area contributed by atoms with Gasteiger partial charge < -0.3 is 14.8 Å². The van der Waals surface area contributed by atoms with Gasteiger partial charge in [-0.05, 0) is 72.5 Å². The summed E-state index contributed by atoms with van der Waals surface area (Å²) in [6.07, 6.45) is 2.55. The van der Waals surface area contributed by atoms with Crippen molar-refractivity contribution in [2.24, 2.45) is 0 Å². The van der Waals surface area contributed by atoms with Crippen molar-refractivity contribution in [3.05, 3.63) is 57.8 Å². The van der Waals surface area contributed by atoms with E-state index in [2.05, 4.69) is 33.1 Å². The van der Waals surface area contributed by atoms with Gasteiger partial charge in [0.05, 0.1) is 11.1 Å². The van der Waals surface area contributed by atoms with Crippen LogP contribution in [-0.2, 0) is 13.2 Å². The predicted molar refractivity (Wildman–Crippen MR) is 118 cm³/mol. The second-order valence-corrected chi connectivity index (χ2v) is 8.13. The van der Waals surface area contributed by atoms with Crippen LogP contribution in [-0.4, -0.2) is 37.2 Å². The van der Waals surface area contributed by atoms with Crippen LogP contribution in [0.25, 0.3) is 0 Å².